The molecule has 8 nitrogen and oxygen atoms in total. The fraction of sp³-hybridized carbons (Fsp3) is 0.957. The van der Waals surface area contributed by atoms with Crippen LogP contribution in [0.5, 0.6) is 0 Å². The van der Waals surface area contributed by atoms with Crippen molar-refractivity contribution in [2.75, 3.05) is 32.1 Å². The summed E-state index contributed by atoms with van der Waals surface area (Å²) in [6.45, 7) is -8.73. The molecule has 0 radical (unpaired) electrons. The van der Waals surface area contributed by atoms with E-state index in [1.54, 1.807) is 5.32 Å². The minimum Gasteiger partial charge on any atom is -0.444 e. The number of rotatable bonds is 22. The SMILES string of the molecule is CC(COC(=O)NCCCS(=O)(=O)O)(OCCC(F)(F)C(F)(F)C(F)(F)C(F)(F)C(C)(F)F)OCCC(F)(F)C(F)(F)C(F)(F)C(F)(F)C(C)(F)F. The molecule has 312 valence electrons. The Morgan fingerprint density at radius 3 is 1.19 bits per heavy atom. The maximum Gasteiger partial charge on any atom is 0.407 e. The van der Waals surface area contributed by atoms with Gasteiger partial charge in [-0.3, -0.25) is 4.55 Å². The van der Waals surface area contributed by atoms with Crippen LogP contribution in [0.3, 0.4) is 0 Å². The van der Waals surface area contributed by atoms with Gasteiger partial charge in [0.15, 0.2) is 5.79 Å². The Kier molecular flexibility index (Phi) is 14.8. The summed E-state index contributed by atoms with van der Waals surface area (Å²) < 4.78 is 316. The average molecular weight is 841 g/mol. The Morgan fingerprint density at radius 1 is 0.577 bits per heavy atom. The molecular weight excluding hydrogens is 814 g/mol. The van der Waals surface area contributed by atoms with Gasteiger partial charge >= 0.3 is 65.3 Å². The van der Waals surface area contributed by atoms with Crippen LogP contribution in [-0.4, -0.2) is 116 Å². The molecule has 0 bridgehead atoms. The molecule has 0 saturated carbocycles. The minimum absolute atomic E-state index is 0.228. The highest BCUT2D eigenvalue weighted by atomic mass is 32.2. The molecule has 0 aromatic heterocycles. The van der Waals surface area contributed by atoms with Gasteiger partial charge in [-0.1, -0.05) is 0 Å². The highest BCUT2D eigenvalue weighted by molar-refractivity contribution is 7.85. The zero-order chi connectivity index (χ0) is 42.1. The number of hydrogen-bond donors (Lipinski definition) is 2. The molecule has 0 atom stereocenters. The number of nitrogens with one attached hydrogen (secondary N) is 1. The van der Waals surface area contributed by atoms with E-state index in [9.17, 15) is 101 Å². The highest BCUT2D eigenvalue weighted by Gasteiger charge is 2.86. The third-order valence-corrected chi connectivity index (χ3v) is 7.36. The number of carbonyl (C=O) groups is 1. The lowest BCUT2D eigenvalue weighted by Crippen LogP contribution is -2.66. The van der Waals surface area contributed by atoms with E-state index in [1.807, 2.05) is 0 Å². The van der Waals surface area contributed by atoms with Crippen LogP contribution in [0.4, 0.5) is 92.6 Å². The van der Waals surface area contributed by atoms with Gasteiger partial charge in [-0.05, 0) is 13.3 Å². The second kappa shape index (κ2) is 15.4. The number of alkyl carbamates (subject to hydrolysis) is 1. The molecule has 2 N–H and O–H groups in total. The van der Waals surface area contributed by atoms with Gasteiger partial charge in [-0.15, -0.1) is 0 Å². The predicted molar refractivity (Wildman–Crippen MR) is 131 cm³/mol. The Bertz CT molecular complexity index is 1250. The van der Waals surface area contributed by atoms with Gasteiger partial charge in [-0.2, -0.15) is 96.2 Å². The van der Waals surface area contributed by atoms with Crippen LogP contribution in [0, 0.1) is 0 Å². The van der Waals surface area contributed by atoms with Crippen LogP contribution in [0.2, 0.25) is 0 Å². The number of hydrogen-bond acceptors (Lipinski definition) is 6. The quantitative estimate of drug-likeness (QED) is 0.0494. The zero-order valence-corrected chi connectivity index (χ0v) is 26.8. The predicted octanol–water partition coefficient (Wildman–Crippen LogP) is 7.91. The average Bonchev–Trinajstić information content (AvgIpc) is 2.91. The van der Waals surface area contributed by atoms with Crippen LogP contribution in [0.15, 0.2) is 0 Å². The van der Waals surface area contributed by atoms with Gasteiger partial charge in [0.1, 0.15) is 6.61 Å². The van der Waals surface area contributed by atoms with Crippen molar-refractivity contribution in [2.45, 2.75) is 105 Å². The van der Waals surface area contributed by atoms with Gasteiger partial charge in [0.25, 0.3) is 10.1 Å². The first-order valence-electron chi connectivity index (χ1n) is 13.4. The first-order chi connectivity index (χ1) is 22.5. The Balaban J connectivity index is 6.22. The maximum atomic E-state index is 14.1. The number of carbonyl (C=O) groups excluding carboxylic acids is 1. The van der Waals surface area contributed by atoms with Gasteiger partial charge in [-0.25, -0.2) is 4.79 Å². The largest absolute Gasteiger partial charge is 0.444 e. The van der Waals surface area contributed by atoms with Crippen molar-refractivity contribution in [3.8, 4) is 0 Å². The smallest absolute Gasteiger partial charge is 0.407 e. The van der Waals surface area contributed by atoms with Crippen LogP contribution in [-0.2, 0) is 24.3 Å². The summed E-state index contributed by atoms with van der Waals surface area (Å²) in [5.74, 6) is -73.3. The van der Waals surface area contributed by atoms with Gasteiger partial charge in [0.05, 0.1) is 19.0 Å². The van der Waals surface area contributed by atoms with Crippen molar-refractivity contribution in [3.05, 3.63) is 0 Å². The van der Waals surface area contributed by atoms with Crippen LogP contribution in [0.25, 0.3) is 0 Å². The lowest BCUT2D eigenvalue weighted by Gasteiger charge is -2.39. The fourth-order valence-corrected chi connectivity index (χ4v) is 3.84. The van der Waals surface area contributed by atoms with Gasteiger partial charge in [0.2, 0.25) is 0 Å². The van der Waals surface area contributed by atoms with E-state index in [0.717, 1.165) is 0 Å². The normalized spacial score (nSPS) is 15.5. The summed E-state index contributed by atoms with van der Waals surface area (Å²) in [5, 5.41) is 1.70. The van der Waals surface area contributed by atoms with E-state index >= 15 is 0 Å². The molecule has 0 unspecified atom stereocenters. The number of alkyl halides is 20. The number of amides is 1. The molecule has 0 aromatic rings. The fourth-order valence-electron chi connectivity index (χ4n) is 3.33. The van der Waals surface area contributed by atoms with E-state index in [4.69, 9.17) is 4.55 Å². The maximum absolute atomic E-state index is 14.1. The highest BCUT2D eigenvalue weighted by Crippen LogP contribution is 2.59. The number of ether oxygens (including phenoxy) is 3. The Morgan fingerprint density at radius 2 is 0.904 bits per heavy atom. The summed E-state index contributed by atoms with van der Waals surface area (Å²) in [7, 11) is -4.59. The molecule has 0 aromatic carbocycles. The monoisotopic (exact) mass is 841 g/mol. The van der Waals surface area contributed by atoms with Crippen molar-refractivity contribution >= 4 is 16.2 Å². The second-order valence-electron chi connectivity index (χ2n) is 11.1. The van der Waals surface area contributed by atoms with Crippen molar-refractivity contribution in [2.24, 2.45) is 0 Å². The third-order valence-electron chi connectivity index (χ3n) is 6.56. The molecule has 0 spiro atoms. The van der Waals surface area contributed by atoms with Gasteiger partial charge < -0.3 is 19.5 Å². The lowest BCUT2D eigenvalue weighted by atomic mass is 9.93. The Labute approximate surface area is 279 Å². The van der Waals surface area contributed by atoms with Gasteiger partial charge in [0, 0.05) is 33.2 Å². The first-order valence-corrected chi connectivity index (χ1v) is 15.0. The van der Waals surface area contributed by atoms with E-state index in [0.29, 0.717) is 0 Å². The summed E-state index contributed by atoms with van der Waals surface area (Å²) in [4.78, 5) is 11.8. The van der Waals surface area contributed by atoms with E-state index in [1.165, 1.54) is 0 Å². The Hall–Kier alpha value is -2.30. The van der Waals surface area contributed by atoms with E-state index in [2.05, 4.69) is 14.2 Å². The van der Waals surface area contributed by atoms with Crippen LogP contribution < -0.4 is 5.32 Å². The molecule has 0 heterocycles. The summed E-state index contributed by atoms with van der Waals surface area (Å²) in [5.41, 5.74) is 0. The molecule has 1 amide bonds. The molecule has 0 rings (SSSR count). The van der Waals surface area contributed by atoms with Crippen LogP contribution >= 0.6 is 0 Å². The molecule has 0 aliphatic carbocycles. The third kappa shape index (κ3) is 10.5. The van der Waals surface area contributed by atoms with E-state index in [-0.39, 0.29) is 6.92 Å². The second-order valence-corrected chi connectivity index (χ2v) is 12.7. The van der Waals surface area contributed by atoms with Crippen molar-refractivity contribution in [1.29, 1.82) is 0 Å². The molecule has 0 fully saturated rings. The molecule has 0 aliphatic rings. The molecule has 52 heavy (non-hydrogen) atoms. The summed E-state index contributed by atoms with van der Waals surface area (Å²) in [6, 6.07) is 0. The summed E-state index contributed by atoms with van der Waals surface area (Å²) >= 11 is 0. The number of halogens is 20. The lowest BCUT2D eigenvalue weighted by molar-refractivity contribution is -0.402. The molecule has 0 aliphatic heterocycles. The standard InChI is InChI=1S/C23H27F20NO7S/c1-13(11-49-12(45)44-7-4-10-52(46,47)48,50-8-5-16(28,29)20(36,37)22(40,41)18(32,33)14(2,24)25)51-9-6-17(30,31)21(38,39)23(42,43)19(34,35)15(3,26)27/h4-11H2,1-3H3,(H,44,45)(H,46,47,48). The van der Waals surface area contributed by atoms with Crippen molar-refractivity contribution in [3.63, 3.8) is 0 Å². The minimum atomic E-state index is -7.52. The molecular formula is C23H27F20NO7S. The molecule has 29 heteroatoms. The first kappa shape index (κ1) is 49.7. The van der Waals surface area contributed by atoms with Crippen molar-refractivity contribution < 1.29 is 120 Å². The van der Waals surface area contributed by atoms with Crippen LogP contribution in [0.1, 0.15) is 40.0 Å². The van der Waals surface area contributed by atoms with Crippen molar-refractivity contribution in [1.82, 2.24) is 5.32 Å². The topological polar surface area (TPSA) is 111 Å². The summed E-state index contributed by atoms with van der Waals surface area (Å²) in [6.07, 6.45) is -8.11. The zero-order valence-electron chi connectivity index (χ0n) is 26.0. The molecule has 0 saturated heterocycles. The van der Waals surface area contributed by atoms with E-state index < -0.39 is 146 Å².